The van der Waals surface area contributed by atoms with Gasteiger partial charge in [-0.15, -0.1) is 0 Å². The maximum Gasteiger partial charge on any atom is 0.252 e. The van der Waals surface area contributed by atoms with Gasteiger partial charge in [0.2, 0.25) is 0 Å². The number of nitrogens with zero attached hydrogens (tertiary/aromatic N) is 3. The van der Waals surface area contributed by atoms with Gasteiger partial charge in [0.05, 0.1) is 16.6 Å². The molecule has 1 N–H and O–H groups in total. The van der Waals surface area contributed by atoms with E-state index in [0.717, 1.165) is 34.3 Å². The number of halogens is 1. The number of carbonyl (C=O) groups excluding carboxylic acids is 1. The van der Waals surface area contributed by atoms with E-state index in [1.165, 1.54) is 0 Å². The van der Waals surface area contributed by atoms with Crippen molar-refractivity contribution < 1.29 is 4.79 Å². The molecule has 0 aliphatic carbocycles. The predicted molar refractivity (Wildman–Crippen MR) is 93.4 cm³/mol. The number of amides is 1. The molecule has 3 aromatic rings. The minimum absolute atomic E-state index is 0.106. The summed E-state index contributed by atoms with van der Waals surface area (Å²) in [6.07, 6.45) is 4.06. The Balaban J connectivity index is 1.57. The van der Waals surface area contributed by atoms with Gasteiger partial charge >= 0.3 is 0 Å². The van der Waals surface area contributed by atoms with Crippen LogP contribution in [-0.2, 0) is 6.54 Å². The molecule has 0 aliphatic heterocycles. The van der Waals surface area contributed by atoms with E-state index >= 15 is 0 Å². The summed E-state index contributed by atoms with van der Waals surface area (Å²) in [4.78, 5) is 20.6. The molecular weight excluding hydrogens is 356 g/mol. The summed E-state index contributed by atoms with van der Waals surface area (Å²) in [6, 6.07) is 9.85. The summed E-state index contributed by atoms with van der Waals surface area (Å²) in [5.41, 5.74) is 2.70. The molecule has 0 saturated heterocycles. The zero-order chi connectivity index (χ0) is 16.2. The smallest absolute Gasteiger partial charge is 0.252 e. The van der Waals surface area contributed by atoms with E-state index in [4.69, 9.17) is 0 Å². The third-order valence-corrected chi connectivity index (χ3v) is 4.09. The van der Waals surface area contributed by atoms with Gasteiger partial charge in [0.1, 0.15) is 5.82 Å². The first-order chi connectivity index (χ1) is 11.1. The minimum Gasteiger partial charge on any atom is -0.352 e. The first kappa shape index (κ1) is 15.7. The van der Waals surface area contributed by atoms with E-state index in [9.17, 15) is 4.79 Å². The summed E-state index contributed by atoms with van der Waals surface area (Å²) in [6.45, 7) is 3.44. The fourth-order valence-corrected chi connectivity index (χ4v) is 2.92. The Morgan fingerprint density at radius 3 is 2.96 bits per heavy atom. The Morgan fingerprint density at radius 2 is 2.13 bits per heavy atom. The number of aryl methyl sites for hydroxylation is 2. The normalized spacial score (nSPS) is 10.9. The van der Waals surface area contributed by atoms with E-state index < -0.39 is 0 Å². The number of nitrogens with one attached hydrogen (secondary N) is 1. The average Bonchev–Trinajstić information content (AvgIpc) is 2.87. The first-order valence-electron chi connectivity index (χ1n) is 7.46. The highest BCUT2D eigenvalue weighted by molar-refractivity contribution is 9.10. The fourth-order valence-electron chi connectivity index (χ4n) is 2.56. The van der Waals surface area contributed by atoms with E-state index in [-0.39, 0.29) is 5.91 Å². The molecule has 0 aliphatic rings. The van der Waals surface area contributed by atoms with Crippen molar-refractivity contribution in [1.82, 2.24) is 19.9 Å². The highest BCUT2D eigenvalue weighted by Gasteiger charge is 2.08. The second kappa shape index (κ2) is 6.91. The molecule has 2 aromatic heterocycles. The summed E-state index contributed by atoms with van der Waals surface area (Å²) < 4.78 is 2.98. The van der Waals surface area contributed by atoms with Crippen molar-refractivity contribution in [2.45, 2.75) is 19.9 Å². The van der Waals surface area contributed by atoms with Crippen LogP contribution in [0.3, 0.4) is 0 Å². The summed E-state index contributed by atoms with van der Waals surface area (Å²) in [5, 5.41) is 2.92. The van der Waals surface area contributed by atoms with Crippen LogP contribution in [0.5, 0.6) is 0 Å². The number of para-hydroxylation sites is 2. The molecule has 0 radical (unpaired) electrons. The van der Waals surface area contributed by atoms with Gasteiger partial charge < -0.3 is 9.88 Å². The molecular formula is C17H17BrN4O. The van der Waals surface area contributed by atoms with E-state index in [1.807, 2.05) is 25.1 Å². The van der Waals surface area contributed by atoms with Crippen molar-refractivity contribution in [2.24, 2.45) is 0 Å². The number of hydrogen-bond acceptors (Lipinski definition) is 3. The molecule has 6 heteroatoms. The number of aromatic nitrogens is 3. The molecule has 1 aromatic carbocycles. The Hall–Kier alpha value is -2.21. The maximum atomic E-state index is 12.0. The maximum absolute atomic E-state index is 12.0. The van der Waals surface area contributed by atoms with Crippen LogP contribution in [0.15, 0.2) is 47.2 Å². The third-order valence-electron chi connectivity index (χ3n) is 3.66. The number of carbonyl (C=O) groups is 1. The molecule has 2 heterocycles. The SMILES string of the molecule is Cc1nc2ccccc2n1CCCNC(=O)c1cncc(Br)c1. The van der Waals surface area contributed by atoms with Crippen LogP contribution >= 0.6 is 15.9 Å². The van der Waals surface area contributed by atoms with Crippen molar-refractivity contribution in [3.05, 3.63) is 58.6 Å². The van der Waals surface area contributed by atoms with Crippen molar-refractivity contribution in [2.75, 3.05) is 6.54 Å². The van der Waals surface area contributed by atoms with Crippen molar-refractivity contribution >= 4 is 32.9 Å². The zero-order valence-corrected chi connectivity index (χ0v) is 14.4. The molecule has 0 unspecified atom stereocenters. The van der Waals surface area contributed by atoms with Gasteiger partial charge in [-0.3, -0.25) is 9.78 Å². The van der Waals surface area contributed by atoms with Gasteiger partial charge in [-0.1, -0.05) is 12.1 Å². The minimum atomic E-state index is -0.106. The second-order valence-electron chi connectivity index (χ2n) is 5.30. The summed E-state index contributed by atoms with van der Waals surface area (Å²) in [7, 11) is 0. The predicted octanol–water partition coefficient (Wildman–Crippen LogP) is 3.32. The molecule has 0 bridgehead atoms. The van der Waals surface area contributed by atoms with Crippen LogP contribution in [0.1, 0.15) is 22.6 Å². The Kier molecular flexibility index (Phi) is 4.71. The lowest BCUT2D eigenvalue weighted by Gasteiger charge is -2.08. The molecule has 0 fully saturated rings. The van der Waals surface area contributed by atoms with Gasteiger partial charge in [0, 0.05) is 30.0 Å². The van der Waals surface area contributed by atoms with Crippen LogP contribution in [0.2, 0.25) is 0 Å². The average molecular weight is 373 g/mol. The Labute approximate surface area is 142 Å². The Morgan fingerprint density at radius 1 is 1.30 bits per heavy atom. The standard InChI is InChI=1S/C17H17BrN4O/c1-12-21-15-5-2-3-6-16(15)22(12)8-4-7-20-17(23)13-9-14(18)11-19-10-13/h2-3,5-6,9-11H,4,7-8H2,1H3,(H,20,23). The van der Waals surface area contributed by atoms with Crippen LogP contribution < -0.4 is 5.32 Å². The highest BCUT2D eigenvalue weighted by Crippen LogP contribution is 2.15. The number of benzene rings is 1. The van der Waals surface area contributed by atoms with Gasteiger partial charge in [0.25, 0.3) is 5.91 Å². The van der Waals surface area contributed by atoms with Gasteiger partial charge in [-0.2, -0.15) is 0 Å². The van der Waals surface area contributed by atoms with Crippen LogP contribution in [0.4, 0.5) is 0 Å². The van der Waals surface area contributed by atoms with E-state index in [0.29, 0.717) is 12.1 Å². The van der Waals surface area contributed by atoms with Crippen LogP contribution in [0.25, 0.3) is 11.0 Å². The van der Waals surface area contributed by atoms with Gasteiger partial charge in [-0.05, 0) is 47.5 Å². The zero-order valence-electron chi connectivity index (χ0n) is 12.8. The van der Waals surface area contributed by atoms with Crippen LogP contribution in [-0.4, -0.2) is 27.0 Å². The van der Waals surface area contributed by atoms with Gasteiger partial charge in [0.15, 0.2) is 0 Å². The second-order valence-corrected chi connectivity index (χ2v) is 6.22. The number of pyridine rings is 1. The molecule has 0 atom stereocenters. The Bertz CT molecular complexity index is 843. The lowest BCUT2D eigenvalue weighted by atomic mass is 10.2. The van der Waals surface area contributed by atoms with Crippen LogP contribution in [0, 0.1) is 6.92 Å². The summed E-state index contributed by atoms with van der Waals surface area (Å²) >= 11 is 3.32. The molecule has 3 rings (SSSR count). The lowest BCUT2D eigenvalue weighted by Crippen LogP contribution is -2.25. The molecule has 118 valence electrons. The number of imidazole rings is 1. The third kappa shape index (κ3) is 3.59. The number of rotatable bonds is 5. The molecule has 23 heavy (non-hydrogen) atoms. The number of hydrogen-bond donors (Lipinski definition) is 1. The largest absolute Gasteiger partial charge is 0.352 e. The highest BCUT2D eigenvalue weighted by atomic mass is 79.9. The summed E-state index contributed by atoms with van der Waals surface area (Å²) in [5.74, 6) is 0.889. The lowest BCUT2D eigenvalue weighted by molar-refractivity contribution is 0.0952. The van der Waals surface area contributed by atoms with Crippen molar-refractivity contribution in [1.29, 1.82) is 0 Å². The topological polar surface area (TPSA) is 59.8 Å². The molecule has 0 saturated carbocycles. The van der Waals surface area contributed by atoms with Crippen molar-refractivity contribution in [3.8, 4) is 0 Å². The molecule has 0 spiro atoms. The quantitative estimate of drug-likeness (QED) is 0.698. The monoisotopic (exact) mass is 372 g/mol. The first-order valence-corrected chi connectivity index (χ1v) is 8.25. The molecule has 5 nitrogen and oxygen atoms in total. The van der Waals surface area contributed by atoms with E-state index in [1.54, 1.807) is 18.5 Å². The number of fused-ring (bicyclic) bond motifs is 1. The van der Waals surface area contributed by atoms with Crippen molar-refractivity contribution in [3.63, 3.8) is 0 Å². The van der Waals surface area contributed by atoms with Gasteiger partial charge in [-0.25, -0.2) is 4.98 Å². The fraction of sp³-hybridized carbons (Fsp3) is 0.235. The van der Waals surface area contributed by atoms with E-state index in [2.05, 4.69) is 41.8 Å². The molecule has 1 amide bonds.